The summed E-state index contributed by atoms with van der Waals surface area (Å²) in [6, 6.07) is 37.7. The summed E-state index contributed by atoms with van der Waals surface area (Å²) in [5.41, 5.74) is 7.90. The molecule has 0 fully saturated rings. The Morgan fingerprint density at radius 3 is 0.821 bits per heavy atom. The fourth-order valence-corrected chi connectivity index (χ4v) is 2.88. The summed E-state index contributed by atoms with van der Waals surface area (Å²) in [6.45, 7) is 8.42. The lowest BCUT2D eigenvalue weighted by Crippen LogP contribution is -1.73. The van der Waals surface area contributed by atoms with Crippen LogP contribution in [0.25, 0.3) is 11.1 Å². The van der Waals surface area contributed by atoms with E-state index in [2.05, 4.69) is 125 Å². The molecule has 0 N–H and O–H groups in total. The topological polar surface area (TPSA) is 0 Å². The van der Waals surface area contributed by atoms with Gasteiger partial charge in [0.15, 0.2) is 0 Å². The lowest BCUT2D eigenvalue weighted by Gasteiger charge is -1.98. The summed E-state index contributed by atoms with van der Waals surface area (Å²) < 4.78 is 0. The molecule has 0 aromatic heterocycles. The molecule has 0 nitrogen and oxygen atoms in total. The van der Waals surface area contributed by atoms with Crippen molar-refractivity contribution in [3.05, 3.63) is 131 Å². The van der Waals surface area contributed by atoms with Crippen LogP contribution in [0.3, 0.4) is 0 Å². The molecule has 0 heterocycles. The van der Waals surface area contributed by atoms with Crippen molar-refractivity contribution in [1.82, 2.24) is 0 Å². The third-order valence-electron chi connectivity index (χ3n) is 4.23. The average molecular weight is 367 g/mol. The molecule has 0 spiro atoms. The van der Waals surface area contributed by atoms with Crippen LogP contribution >= 0.6 is 0 Å². The molecule has 0 aliphatic rings. The Morgan fingerprint density at radius 1 is 0.321 bits per heavy atom. The maximum absolute atomic E-state index is 2.17. The zero-order valence-corrected chi connectivity index (χ0v) is 17.4. The molecule has 4 aromatic carbocycles. The quantitative estimate of drug-likeness (QED) is 0.320. The molecular weight excluding hydrogens is 336 g/mol. The Hall–Kier alpha value is -3.12. The molecule has 0 aliphatic heterocycles. The molecule has 0 atom stereocenters. The summed E-state index contributed by atoms with van der Waals surface area (Å²) in [4.78, 5) is 0. The Bertz CT molecular complexity index is 822. The zero-order valence-electron chi connectivity index (χ0n) is 17.4. The number of rotatable bonds is 1. The molecule has 28 heavy (non-hydrogen) atoms. The fourth-order valence-electron chi connectivity index (χ4n) is 2.88. The standard InChI is InChI=1S/C12H10.2C8H10/c1-3-7-11(8-4-1)12-9-5-2-6-10-12;2*1-7-4-3-5-8(2)6-7/h1-10H;2*3-6H,1-2H3. The highest BCUT2D eigenvalue weighted by Gasteiger charge is 1.91. The van der Waals surface area contributed by atoms with Gasteiger partial charge >= 0.3 is 0 Å². The Morgan fingerprint density at radius 2 is 0.607 bits per heavy atom. The molecule has 0 aliphatic carbocycles. The van der Waals surface area contributed by atoms with Crippen LogP contribution in [-0.2, 0) is 0 Å². The fraction of sp³-hybridized carbons (Fsp3) is 0.143. The Labute approximate surface area is 170 Å². The van der Waals surface area contributed by atoms with Gasteiger partial charge < -0.3 is 0 Å². The summed E-state index contributed by atoms with van der Waals surface area (Å²) in [5.74, 6) is 0. The van der Waals surface area contributed by atoms with Gasteiger partial charge in [-0.15, -0.1) is 0 Å². The summed E-state index contributed by atoms with van der Waals surface area (Å²) >= 11 is 0. The summed E-state index contributed by atoms with van der Waals surface area (Å²) in [5, 5.41) is 0. The molecule has 0 radical (unpaired) electrons. The van der Waals surface area contributed by atoms with Crippen molar-refractivity contribution in [2.45, 2.75) is 27.7 Å². The molecule has 142 valence electrons. The van der Waals surface area contributed by atoms with E-state index in [-0.39, 0.29) is 0 Å². The highest BCUT2D eigenvalue weighted by molar-refractivity contribution is 5.62. The second-order valence-electron chi connectivity index (χ2n) is 7.05. The molecule has 0 saturated heterocycles. The van der Waals surface area contributed by atoms with Crippen LogP contribution in [0.2, 0.25) is 0 Å². The van der Waals surface area contributed by atoms with Gasteiger partial charge in [0.25, 0.3) is 0 Å². The minimum Gasteiger partial charge on any atom is -0.0622 e. The van der Waals surface area contributed by atoms with Gasteiger partial charge in [0, 0.05) is 0 Å². The number of benzene rings is 4. The van der Waals surface area contributed by atoms with Crippen LogP contribution in [0.15, 0.2) is 109 Å². The van der Waals surface area contributed by atoms with Crippen molar-refractivity contribution in [3.8, 4) is 11.1 Å². The van der Waals surface area contributed by atoms with Gasteiger partial charge in [-0.1, -0.05) is 131 Å². The highest BCUT2D eigenvalue weighted by atomic mass is 14.0. The molecular formula is C28H30. The molecule has 4 rings (SSSR count). The van der Waals surface area contributed by atoms with Crippen LogP contribution in [0.1, 0.15) is 22.3 Å². The van der Waals surface area contributed by atoms with Gasteiger partial charge in [-0.3, -0.25) is 0 Å². The van der Waals surface area contributed by atoms with E-state index >= 15 is 0 Å². The minimum atomic E-state index is 1.28. The van der Waals surface area contributed by atoms with E-state index in [1.54, 1.807) is 0 Å². The molecule has 0 amide bonds. The van der Waals surface area contributed by atoms with Crippen LogP contribution in [-0.4, -0.2) is 0 Å². The van der Waals surface area contributed by atoms with E-state index in [9.17, 15) is 0 Å². The van der Waals surface area contributed by atoms with Gasteiger partial charge in [-0.25, -0.2) is 0 Å². The maximum atomic E-state index is 2.17. The van der Waals surface area contributed by atoms with E-state index < -0.39 is 0 Å². The lowest BCUT2D eigenvalue weighted by molar-refractivity contribution is 1.39. The Balaban J connectivity index is 0.000000156. The van der Waals surface area contributed by atoms with Crippen molar-refractivity contribution in [3.63, 3.8) is 0 Å². The van der Waals surface area contributed by atoms with Gasteiger partial charge in [0.2, 0.25) is 0 Å². The average Bonchev–Trinajstić information content (AvgIpc) is 2.70. The van der Waals surface area contributed by atoms with Crippen molar-refractivity contribution in [1.29, 1.82) is 0 Å². The first-order valence-corrected chi connectivity index (χ1v) is 9.71. The normalized spacial score (nSPS) is 9.43. The highest BCUT2D eigenvalue weighted by Crippen LogP contribution is 2.17. The van der Waals surface area contributed by atoms with E-state index in [4.69, 9.17) is 0 Å². The Kier molecular flexibility index (Phi) is 8.75. The maximum Gasteiger partial charge on any atom is -0.0184 e. The molecule has 0 bridgehead atoms. The van der Waals surface area contributed by atoms with Crippen LogP contribution in [0.4, 0.5) is 0 Å². The number of hydrogen-bond acceptors (Lipinski definition) is 0. The van der Waals surface area contributed by atoms with E-state index in [1.807, 2.05) is 12.1 Å². The lowest BCUT2D eigenvalue weighted by atomic mass is 10.1. The minimum absolute atomic E-state index is 1.28. The predicted octanol–water partition coefficient (Wildman–Crippen LogP) is 7.96. The van der Waals surface area contributed by atoms with Crippen LogP contribution in [0, 0.1) is 27.7 Å². The number of hydrogen-bond donors (Lipinski definition) is 0. The van der Waals surface area contributed by atoms with Crippen molar-refractivity contribution >= 4 is 0 Å². The summed E-state index contributed by atoms with van der Waals surface area (Å²) in [7, 11) is 0. The summed E-state index contributed by atoms with van der Waals surface area (Å²) in [6.07, 6.45) is 0. The third kappa shape index (κ3) is 8.05. The monoisotopic (exact) mass is 366 g/mol. The van der Waals surface area contributed by atoms with Gasteiger partial charge in [0.05, 0.1) is 0 Å². The van der Waals surface area contributed by atoms with E-state index in [0.29, 0.717) is 0 Å². The van der Waals surface area contributed by atoms with Crippen molar-refractivity contribution in [2.24, 2.45) is 0 Å². The van der Waals surface area contributed by atoms with Crippen LogP contribution < -0.4 is 0 Å². The molecule has 0 unspecified atom stereocenters. The zero-order chi connectivity index (χ0) is 20.2. The first-order valence-electron chi connectivity index (χ1n) is 9.71. The predicted molar refractivity (Wildman–Crippen MR) is 124 cm³/mol. The van der Waals surface area contributed by atoms with E-state index in [0.717, 1.165) is 0 Å². The molecule has 4 aromatic rings. The van der Waals surface area contributed by atoms with Crippen molar-refractivity contribution in [2.75, 3.05) is 0 Å². The van der Waals surface area contributed by atoms with Crippen molar-refractivity contribution < 1.29 is 0 Å². The third-order valence-corrected chi connectivity index (χ3v) is 4.23. The van der Waals surface area contributed by atoms with Gasteiger partial charge in [-0.05, 0) is 38.8 Å². The largest absolute Gasteiger partial charge is 0.0622 e. The first-order chi connectivity index (χ1) is 13.5. The second kappa shape index (κ2) is 11.6. The van der Waals surface area contributed by atoms with Gasteiger partial charge in [-0.2, -0.15) is 0 Å². The first kappa shape index (κ1) is 21.2. The van der Waals surface area contributed by atoms with E-state index in [1.165, 1.54) is 33.4 Å². The molecule has 0 saturated carbocycles. The number of aryl methyl sites for hydroxylation is 4. The smallest absolute Gasteiger partial charge is 0.0184 e. The van der Waals surface area contributed by atoms with Gasteiger partial charge in [0.1, 0.15) is 0 Å². The van der Waals surface area contributed by atoms with Crippen LogP contribution in [0.5, 0.6) is 0 Å². The molecule has 0 heteroatoms. The SMILES string of the molecule is Cc1cccc(C)c1.Cc1cccc(C)c1.c1ccc(-c2ccccc2)cc1. The second-order valence-corrected chi connectivity index (χ2v) is 7.05.